The van der Waals surface area contributed by atoms with Crippen molar-refractivity contribution in [3.05, 3.63) is 11.8 Å². The summed E-state index contributed by atoms with van der Waals surface area (Å²) in [5.41, 5.74) is 1.37. The number of carbonyl (C=O) groups excluding carboxylic acids is 1. The second kappa shape index (κ2) is 4.09. The third-order valence-electron chi connectivity index (χ3n) is 5.41. The molecule has 3 heteroatoms. The van der Waals surface area contributed by atoms with Crippen LogP contribution in [0.15, 0.2) is 11.8 Å². The molecule has 1 amide bonds. The van der Waals surface area contributed by atoms with Gasteiger partial charge in [0, 0.05) is 37.2 Å². The Hall–Kier alpha value is -0.830. The molecule has 0 N–H and O–H groups in total. The van der Waals surface area contributed by atoms with Crippen LogP contribution in [0.5, 0.6) is 0 Å². The summed E-state index contributed by atoms with van der Waals surface area (Å²) < 4.78 is 0. The lowest BCUT2D eigenvalue weighted by molar-refractivity contribution is -0.134. The first kappa shape index (κ1) is 11.0. The summed E-state index contributed by atoms with van der Waals surface area (Å²) in [5.74, 6) is 1.76. The summed E-state index contributed by atoms with van der Waals surface area (Å²) in [4.78, 5) is 16.9. The van der Waals surface area contributed by atoms with Gasteiger partial charge in [-0.1, -0.05) is 12.5 Å². The minimum atomic E-state index is 0.381. The minimum absolute atomic E-state index is 0.381. The van der Waals surface area contributed by atoms with Crippen molar-refractivity contribution in [3.8, 4) is 0 Å². The molecule has 1 unspecified atom stereocenters. The summed E-state index contributed by atoms with van der Waals surface area (Å²) >= 11 is 0. The molecule has 2 bridgehead atoms. The normalized spacial score (nSPS) is 40.0. The van der Waals surface area contributed by atoms with Crippen LogP contribution in [-0.4, -0.2) is 41.4 Å². The Kier molecular flexibility index (Phi) is 2.51. The quantitative estimate of drug-likeness (QED) is 0.652. The molecule has 3 fully saturated rings. The number of carbonyl (C=O) groups is 1. The first-order valence-corrected chi connectivity index (χ1v) is 7.57. The highest BCUT2D eigenvalue weighted by Crippen LogP contribution is 2.43. The zero-order valence-electron chi connectivity index (χ0n) is 11.0. The summed E-state index contributed by atoms with van der Waals surface area (Å²) in [6.07, 6.45) is 9.49. The standard InChI is InChI=1S/C15H22N2O/c18-15-6-3-5-14-11-8-12(10-17(14)15)13-4-1-2-7-16(13)9-11/h5,11-13H,1-4,6-10H2/t11-,12-,13?/m1/s1. The maximum absolute atomic E-state index is 12.1. The van der Waals surface area contributed by atoms with Crippen LogP contribution in [0, 0.1) is 11.8 Å². The second-order valence-corrected chi connectivity index (χ2v) is 6.42. The Bertz CT molecular complexity index is 403. The highest BCUT2D eigenvalue weighted by atomic mass is 16.2. The van der Waals surface area contributed by atoms with E-state index in [0.29, 0.717) is 11.8 Å². The maximum atomic E-state index is 12.1. The number of amides is 1. The lowest BCUT2D eigenvalue weighted by atomic mass is 9.74. The molecular formula is C15H22N2O. The Labute approximate surface area is 109 Å². The fraction of sp³-hybridized carbons (Fsp3) is 0.800. The van der Waals surface area contributed by atoms with Crippen LogP contribution in [0.2, 0.25) is 0 Å². The number of piperidine rings is 3. The van der Waals surface area contributed by atoms with E-state index in [1.165, 1.54) is 44.5 Å². The summed E-state index contributed by atoms with van der Waals surface area (Å²) in [7, 11) is 0. The third-order valence-corrected chi connectivity index (χ3v) is 5.41. The smallest absolute Gasteiger partial charge is 0.227 e. The fourth-order valence-corrected chi connectivity index (χ4v) is 4.63. The number of hydrogen-bond acceptors (Lipinski definition) is 2. The molecule has 4 heterocycles. The Morgan fingerprint density at radius 1 is 1.22 bits per heavy atom. The number of nitrogens with zero attached hydrogens (tertiary/aromatic N) is 2. The molecule has 3 nitrogen and oxygen atoms in total. The molecule has 98 valence electrons. The maximum Gasteiger partial charge on any atom is 0.227 e. The molecule has 0 spiro atoms. The van der Waals surface area contributed by atoms with Gasteiger partial charge in [-0.3, -0.25) is 9.69 Å². The van der Waals surface area contributed by atoms with Gasteiger partial charge in [0.15, 0.2) is 0 Å². The minimum Gasteiger partial charge on any atom is -0.316 e. The van der Waals surface area contributed by atoms with Crippen LogP contribution in [0.3, 0.4) is 0 Å². The van der Waals surface area contributed by atoms with E-state index in [2.05, 4.69) is 15.9 Å². The SMILES string of the molecule is O=C1CCC=C2[C@@H]3C[C@H](CN12)C1CCCCN1C3. The molecule has 0 saturated carbocycles. The van der Waals surface area contributed by atoms with Crippen LogP contribution in [0.1, 0.15) is 38.5 Å². The van der Waals surface area contributed by atoms with Crippen molar-refractivity contribution in [1.82, 2.24) is 9.80 Å². The highest BCUT2D eigenvalue weighted by Gasteiger charge is 2.45. The lowest BCUT2D eigenvalue weighted by Gasteiger charge is -2.54. The molecule has 0 aromatic rings. The fourth-order valence-electron chi connectivity index (χ4n) is 4.63. The first-order chi connectivity index (χ1) is 8.83. The van der Waals surface area contributed by atoms with Crippen molar-refractivity contribution in [3.63, 3.8) is 0 Å². The van der Waals surface area contributed by atoms with Crippen LogP contribution in [0.25, 0.3) is 0 Å². The second-order valence-electron chi connectivity index (χ2n) is 6.42. The summed E-state index contributed by atoms with van der Waals surface area (Å²) in [6.45, 7) is 3.50. The van der Waals surface area contributed by atoms with Gasteiger partial charge >= 0.3 is 0 Å². The predicted molar refractivity (Wildman–Crippen MR) is 69.8 cm³/mol. The van der Waals surface area contributed by atoms with Crippen LogP contribution in [0.4, 0.5) is 0 Å². The van der Waals surface area contributed by atoms with E-state index < -0.39 is 0 Å². The van der Waals surface area contributed by atoms with E-state index in [9.17, 15) is 4.79 Å². The van der Waals surface area contributed by atoms with E-state index in [1.54, 1.807) is 0 Å². The monoisotopic (exact) mass is 246 g/mol. The number of fused-ring (bicyclic) bond motifs is 6. The van der Waals surface area contributed by atoms with E-state index in [-0.39, 0.29) is 0 Å². The number of allylic oxidation sites excluding steroid dienone is 1. The van der Waals surface area contributed by atoms with Gasteiger partial charge in [-0.25, -0.2) is 0 Å². The molecule has 18 heavy (non-hydrogen) atoms. The zero-order chi connectivity index (χ0) is 12.1. The van der Waals surface area contributed by atoms with Crippen molar-refractivity contribution in [2.24, 2.45) is 11.8 Å². The van der Waals surface area contributed by atoms with Crippen molar-refractivity contribution >= 4 is 5.91 Å². The molecule has 0 aromatic carbocycles. The molecule has 4 aliphatic heterocycles. The Balaban J connectivity index is 1.65. The van der Waals surface area contributed by atoms with Crippen molar-refractivity contribution in [1.29, 1.82) is 0 Å². The highest BCUT2D eigenvalue weighted by molar-refractivity contribution is 5.79. The molecule has 4 aliphatic rings. The van der Waals surface area contributed by atoms with Gasteiger partial charge < -0.3 is 4.90 Å². The molecule has 4 rings (SSSR count). The molecule has 3 atom stereocenters. The third kappa shape index (κ3) is 1.56. The van der Waals surface area contributed by atoms with E-state index in [1.807, 2.05) is 0 Å². The van der Waals surface area contributed by atoms with E-state index in [4.69, 9.17) is 0 Å². The van der Waals surface area contributed by atoms with Crippen LogP contribution < -0.4 is 0 Å². The van der Waals surface area contributed by atoms with Gasteiger partial charge in [-0.05, 0) is 38.1 Å². The van der Waals surface area contributed by atoms with Gasteiger partial charge in [0.25, 0.3) is 0 Å². The average molecular weight is 246 g/mol. The van der Waals surface area contributed by atoms with E-state index in [0.717, 1.165) is 31.3 Å². The molecule has 0 radical (unpaired) electrons. The summed E-state index contributed by atoms with van der Waals surface area (Å²) in [6, 6.07) is 0.770. The Morgan fingerprint density at radius 2 is 2.17 bits per heavy atom. The zero-order valence-corrected chi connectivity index (χ0v) is 11.0. The molecule has 0 aliphatic carbocycles. The van der Waals surface area contributed by atoms with Gasteiger partial charge in [0.1, 0.15) is 0 Å². The van der Waals surface area contributed by atoms with Gasteiger partial charge in [-0.15, -0.1) is 0 Å². The first-order valence-electron chi connectivity index (χ1n) is 7.57. The van der Waals surface area contributed by atoms with Gasteiger partial charge in [0.2, 0.25) is 5.91 Å². The number of hydrogen-bond donors (Lipinski definition) is 0. The lowest BCUT2D eigenvalue weighted by Crippen LogP contribution is -2.59. The van der Waals surface area contributed by atoms with E-state index >= 15 is 0 Å². The molecule has 3 saturated heterocycles. The van der Waals surface area contributed by atoms with Gasteiger partial charge in [0.05, 0.1) is 0 Å². The van der Waals surface area contributed by atoms with Crippen LogP contribution >= 0.6 is 0 Å². The predicted octanol–water partition coefficient (Wildman–Crippen LogP) is 2.00. The van der Waals surface area contributed by atoms with Crippen molar-refractivity contribution in [2.45, 2.75) is 44.6 Å². The summed E-state index contributed by atoms with van der Waals surface area (Å²) in [5, 5.41) is 0. The molecule has 0 aromatic heterocycles. The Morgan fingerprint density at radius 3 is 3.11 bits per heavy atom. The molecular weight excluding hydrogens is 224 g/mol. The van der Waals surface area contributed by atoms with Crippen molar-refractivity contribution < 1.29 is 4.79 Å². The average Bonchev–Trinajstić information content (AvgIpc) is 2.40. The number of rotatable bonds is 0. The van der Waals surface area contributed by atoms with Gasteiger partial charge in [-0.2, -0.15) is 0 Å². The van der Waals surface area contributed by atoms with Crippen molar-refractivity contribution in [2.75, 3.05) is 19.6 Å². The van der Waals surface area contributed by atoms with Crippen LogP contribution in [-0.2, 0) is 4.79 Å². The largest absolute Gasteiger partial charge is 0.316 e. The topological polar surface area (TPSA) is 23.6 Å².